The predicted molar refractivity (Wildman–Crippen MR) is 100.0 cm³/mol. The first kappa shape index (κ1) is 16.7. The second kappa shape index (κ2) is 7.25. The van der Waals surface area contributed by atoms with Gasteiger partial charge in [0.2, 0.25) is 0 Å². The number of aromatic nitrogens is 4. The molecule has 134 valence electrons. The van der Waals surface area contributed by atoms with E-state index in [1.807, 2.05) is 22.8 Å². The third-order valence-electron chi connectivity index (χ3n) is 4.67. The molecular weight excluding hydrogens is 348 g/mol. The smallest absolute Gasteiger partial charge is 0.255 e. The van der Waals surface area contributed by atoms with Crippen molar-refractivity contribution >= 4 is 23.1 Å². The molecule has 4 heterocycles. The second-order valence-electron chi connectivity index (χ2n) is 6.46. The van der Waals surface area contributed by atoms with E-state index in [1.165, 1.54) is 0 Å². The highest BCUT2D eigenvalue weighted by Crippen LogP contribution is 2.27. The van der Waals surface area contributed by atoms with Crippen molar-refractivity contribution in [3.63, 3.8) is 0 Å². The van der Waals surface area contributed by atoms with Crippen LogP contribution in [0.5, 0.6) is 0 Å². The molecule has 0 spiro atoms. The van der Waals surface area contributed by atoms with Gasteiger partial charge in [0.15, 0.2) is 0 Å². The minimum atomic E-state index is -0.000178. The van der Waals surface area contributed by atoms with E-state index in [9.17, 15) is 4.79 Å². The highest BCUT2D eigenvalue weighted by atomic mass is 32.1. The summed E-state index contributed by atoms with van der Waals surface area (Å²) in [6, 6.07) is 3.40. The fourth-order valence-electron chi connectivity index (χ4n) is 3.39. The third-order valence-corrected chi connectivity index (χ3v) is 5.31. The summed E-state index contributed by atoms with van der Waals surface area (Å²) in [5.41, 5.74) is 9.06. The molecule has 8 heteroatoms. The number of hydrogen-bond donors (Lipinski definition) is 1. The van der Waals surface area contributed by atoms with E-state index in [4.69, 9.17) is 5.73 Å². The fourth-order valence-corrected chi connectivity index (χ4v) is 3.94. The number of carbonyl (C=O) groups excluding carboxylic acids is 1. The van der Waals surface area contributed by atoms with E-state index in [0.717, 1.165) is 30.9 Å². The second-order valence-corrected chi connectivity index (χ2v) is 7.17. The maximum Gasteiger partial charge on any atom is 0.255 e. The lowest BCUT2D eigenvalue weighted by molar-refractivity contribution is 0.0703. The van der Waals surface area contributed by atoms with Crippen LogP contribution in [0, 0.1) is 0 Å². The van der Waals surface area contributed by atoms with Crippen molar-refractivity contribution in [1.29, 1.82) is 0 Å². The average Bonchev–Trinajstić information content (AvgIpc) is 3.34. The highest BCUT2D eigenvalue weighted by molar-refractivity contribution is 7.07. The van der Waals surface area contributed by atoms with Crippen molar-refractivity contribution in [1.82, 2.24) is 24.4 Å². The Bertz CT molecular complexity index is 873. The molecule has 1 fully saturated rings. The number of hydrogen-bond acceptors (Lipinski definition) is 6. The zero-order valence-corrected chi connectivity index (χ0v) is 15.1. The summed E-state index contributed by atoms with van der Waals surface area (Å²) in [6.07, 6.45) is 7.34. The minimum absolute atomic E-state index is 0.000178. The lowest BCUT2D eigenvalue weighted by Gasteiger charge is -2.32. The van der Waals surface area contributed by atoms with Crippen LogP contribution < -0.4 is 5.73 Å². The number of piperidine rings is 1. The summed E-state index contributed by atoms with van der Waals surface area (Å²) in [4.78, 5) is 27.6. The van der Waals surface area contributed by atoms with Gasteiger partial charge in [-0.1, -0.05) is 0 Å². The number of nitrogen functional groups attached to an aromatic ring is 1. The zero-order valence-electron chi connectivity index (χ0n) is 14.3. The van der Waals surface area contributed by atoms with E-state index >= 15 is 0 Å². The van der Waals surface area contributed by atoms with Gasteiger partial charge < -0.3 is 15.2 Å². The maximum absolute atomic E-state index is 12.8. The molecular formula is C18H20N6OS. The van der Waals surface area contributed by atoms with Gasteiger partial charge in [-0.3, -0.25) is 4.79 Å². The van der Waals surface area contributed by atoms with Crippen LogP contribution in [-0.4, -0.2) is 43.4 Å². The van der Waals surface area contributed by atoms with Crippen molar-refractivity contribution in [2.24, 2.45) is 0 Å². The van der Waals surface area contributed by atoms with Crippen LogP contribution in [0.1, 0.15) is 40.6 Å². The first-order valence-electron chi connectivity index (χ1n) is 8.59. The quantitative estimate of drug-likeness (QED) is 0.764. The standard InChI is InChI=1S/C18H20N6OS/c19-16-4-3-13(8-21-16)18(25)24-6-1-2-14(9-24)17-20-5-7-23(17)10-15-11-26-12-22-15/h3-5,7-8,11-12,14H,1-2,6,9-10H2,(H2,19,21)/t14-/m0/s1. The molecule has 3 aromatic heterocycles. The number of carbonyl (C=O) groups is 1. The SMILES string of the molecule is Nc1ccc(C(=O)N2CCC[C@H](c3nccn3Cc3cscn3)C2)cn1. The number of thiazole rings is 1. The molecule has 1 aliphatic heterocycles. The van der Waals surface area contributed by atoms with Gasteiger partial charge in [0.1, 0.15) is 11.6 Å². The van der Waals surface area contributed by atoms with Gasteiger partial charge in [-0.15, -0.1) is 11.3 Å². The van der Waals surface area contributed by atoms with E-state index in [-0.39, 0.29) is 11.8 Å². The van der Waals surface area contributed by atoms with Crippen LogP contribution in [0.25, 0.3) is 0 Å². The van der Waals surface area contributed by atoms with Gasteiger partial charge in [0, 0.05) is 43.0 Å². The predicted octanol–water partition coefficient (Wildman–Crippen LogP) is 2.38. The molecule has 1 atom stereocenters. The topological polar surface area (TPSA) is 89.9 Å². The summed E-state index contributed by atoms with van der Waals surface area (Å²) in [5, 5.41) is 2.05. The van der Waals surface area contributed by atoms with Gasteiger partial charge in [0.25, 0.3) is 5.91 Å². The number of likely N-dealkylation sites (tertiary alicyclic amines) is 1. The normalized spacial score (nSPS) is 17.4. The Morgan fingerprint density at radius 2 is 2.23 bits per heavy atom. The lowest BCUT2D eigenvalue weighted by atomic mass is 9.96. The van der Waals surface area contributed by atoms with E-state index in [1.54, 1.807) is 29.7 Å². The number of pyridine rings is 1. The van der Waals surface area contributed by atoms with Crippen molar-refractivity contribution < 1.29 is 4.79 Å². The molecule has 0 bridgehead atoms. The van der Waals surface area contributed by atoms with Gasteiger partial charge in [-0.25, -0.2) is 15.0 Å². The number of nitrogens with zero attached hydrogens (tertiary/aromatic N) is 5. The Balaban J connectivity index is 1.50. The number of nitrogens with two attached hydrogens (primary N) is 1. The fraction of sp³-hybridized carbons (Fsp3) is 0.333. The monoisotopic (exact) mass is 368 g/mol. The molecule has 1 amide bonds. The third kappa shape index (κ3) is 3.45. The first-order chi connectivity index (χ1) is 12.7. The van der Waals surface area contributed by atoms with Crippen LogP contribution in [0.2, 0.25) is 0 Å². The summed E-state index contributed by atoms with van der Waals surface area (Å²) in [5.74, 6) is 1.66. The molecule has 7 nitrogen and oxygen atoms in total. The summed E-state index contributed by atoms with van der Waals surface area (Å²) >= 11 is 1.59. The molecule has 0 unspecified atom stereocenters. The van der Waals surface area contributed by atoms with Crippen LogP contribution in [0.15, 0.2) is 41.6 Å². The number of anilines is 1. The molecule has 2 N–H and O–H groups in total. The number of amides is 1. The van der Waals surface area contributed by atoms with Gasteiger partial charge in [-0.05, 0) is 25.0 Å². The van der Waals surface area contributed by atoms with Gasteiger partial charge in [-0.2, -0.15) is 0 Å². The van der Waals surface area contributed by atoms with Crippen molar-refractivity contribution in [3.8, 4) is 0 Å². The Hall–Kier alpha value is -2.74. The molecule has 0 aromatic carbocycles. The maximum atomic E-state index is 12.8. The lowest BCUT2D eigenvalue weighted by Crippen LogP contribution is -2.39. The zero-order chi connectivity index (χ0) is 17.9. The number of imidazole rings is 1. The molecule has 0 radical (unpaired) electrons. The summed E-state index contributed by atoms with van der Waals surface area (Å²) < 4.78 is 2.14. The Morgan fingerprint density at radius 3 is 3.00 bits per heavy atom. The molecule has 26 heavy (non-hydrogen) atoms. The molecule has 4 rings (SSSR count). The average molecular weight is 368 g/mol. The van der Waals surface area contributed by atoms with Crippen molar-refractivity contribution in [3.05, 3.63) is 58.7 Å². The molecule has 3 aromatic rings. The van der Waals surface area contributed by atoms with E-state index in [0.29, 0.717) is 24.5 Å². The van der Waals surface area contributed by atoms with E-state index < -0.39 is 0 Å². The van der Waals surface area contributed by atoms with Crippen molar-refractivity contribution in [2.45, 2.75) is 25.3 Å². The minimum Gasteiger partial charge on any atom is -0.384 e. The molecule has 0 aliphatic carbocycles. The Labute approximate surface area is 155 Å². The first-order valence-corrected chi connectivity index (χ1v) is 9.54. The van der Waals surface area contributed by atoms with Crippen molar-refractivity contribution in [2.75, 3.05) is 18.8 Å². The number of rotatable bonds is 4. The van der Waals surface area contributed by atoms with Gasteiger partial charge >= 0.3 is 0 Å². The molecule has 1 saturated heterocycles. The Morgan fingerprint density at radius 1 is 1.31 bits per heavy atom. The van der Waals surface area contributed by atoms with Gasteiger partial charge in [0.05, 0.1) is 23.3 Å². The highest BCUT2D eigenvalue weighted by Gasteiger charge is 2.28. The summed E-state index contributed by atoms with van der Waals surface area (Å²) in [7, 11) is 0. The largest absolute Gasteiger partial charge is 0.384 e. The molecule has 1 aliphatic rings. The van der Waals surface area contributed by atoms with Crippen LogP contribution in [0.3, 0.4) is 0 Å². The van der Waals surface area contributed by atoms with Crippen LogP contribution >= 0.6 is 11.3 Å². The van der Waals surface area contributed by atoms with Crippen LogP contribution in [0.4, 0.5) is 5.82 Å². The molecule has 0 saturated carbocycles. The van der Waals surface area contributed by atoms with E-state index in [2.05, 4.69) is 24.9 Å². The Kier molecular flexibility index (Phi) is 4.66. The summed E-state index contributed by atoms with van der Waals surface area (Å²) in [6.45, 7) is 2.13. The van der Waals surface area contributed by atoms with Crippen LogP contribution in [-0.2, 0) is 6.54 Å².